The van der Waals surface area contributed by atoms with Gasteiger partial charge in [-0.05, 0) is 36.2 Å². The molecule has 0 aliphatic carbocycles. The quantitative estimate of drug-likeness (QED) is 0.494. The van der Waals surface area contributed by atoms with Gasteiger partial charge in [0.2, 0.25) is 0 Å². The van der Waals surface area contributed by atoms with E-state index in [0.29, 0.717) is 31.7 Å². The van der Waals surface area contributed by atoms with Gasteiger partial charge < -0.3 is 15.2 Å². The van der Waals surface area contributed by atoms with Crippen LogP contribution in [0.1, 0.15) is 34.2 Å². The monoisotopic (exact) mass is 461 g/mol. The number of carbonyl (C=O) groups is 1. The van der Waals surface area contributed by atoms with Gasteiger partial charge in [-0.2, -0.15) is 5.26 Å². The largest absolute Gasteiger partial charge is 0.371 e. The Labute approximate surface area is 207 Å². The first-order valence-electron chi connectivity index (χ1n) is 11.2. The molecule has 4 rings (SSSR count). The average Bonchev–Trinajstić information content (AvgIpc) is 2.82. The summed E-state index contributed by atoms with van der Waals surface area (Å²) in [5.41, 5.74) is 3.95. The summed E-state index contributed by atoms with van der Waals surface area (Å²) >= 11 is 0. The van der Waals surface area contributed by atoms with E-state index < -0.39 is 11.1 Å². The van der Waals surface area contributed by atoms with Gasteiger partial charge in [-0.15, -0.1) is 0 Å². The molecular weight excluding hydrogens is 439 g/mol. The first-order chi connectivity index (χ1) is 16.7. The molecule has 0 unspecified atom stereocenters. The predicted octanol–water partition coefficient (Wildman–Crippen LogP) is -0.0790. The van der Waals surface area contributed by atoms with Crippen LogP contribution in [-0.2, 0) is 13.0 Å². The molecular formula is C23H22B3N7O2. The molecule has 6 radical (unpaired) electrons. The summed E-state index contributed by atoms with van der Waals surface area (Å²) in [5.74, 6) is -0.665. The van der Waals surface area contributed by atoms with E-state index in [9.17, 15) is 14.9 Å². The van der Waals surface area contributed by atoms with Crippen molar-refractivity contribution in [3.05, 3.63) is 63.3 Å². The van der Waals surface area contributed by atoms with Crippen LogP contribution in [0.4, 0.5) is 5.69 Å². The van der Waals surface area contributed by atoms with Gasteiger partial charge >= 0.3 is 0 Å². The molecule has 35 heavy (non-hydrogen) atoms. The minimum absolute atomic E-state index is 0.00237. The number of carbonyl (C=O) groups excluding carboxylic acids is 1. The average molecular weight is 461 g/mol. The number of aromatic amines is 1. The maximum atomic E-state index is 12.2. The van der Waals surface area contributed by atoms with E-state index in [2.05, 4.69) is 36.1 Å². The number of amides is 1. The Balaban J connectivity index is 1.42. The highest BCUT2D eigenvalue weighted by Gasteiger charge is 2.22. The summed E-state index contributed by atoms with van der Waals surface area (Å²) in [6.07, 6.45) is 2.50. The van der Waals surface area contributed by atoms with E-state index >= 15 is 0 Å². The van der Waals surface area contributed by atoms with Crippen LogP contribution in [0, 0.1) is 11.3 Å². The molecule has 1 aliphatic heterocycles. The van der Waals surface area contributed by atoms with Crippen molar-refractivity contribution in [2.75, 3.05) is 31.1 Å². The fourth-order valence-corrected chi connectivity index (χ4v) is 4.10. The minimum Gasteiger partial charge on any atom is -0.371 e. The molecule has 1 amide bonds. The third-order valence-electron chi connectivity index (χ3n) is 5.87. The Morgan fingerprint density at radius 2 is 1.97 bits per heavy atom. The van der Waals surface area contributed by atoms with E-state index in [1.54, 1.807) is 6.07 Å². The van der Waals surface area contributed by atoms with Crippen LogP contribution in [0.15, 0.2) is 35.3 Å². The molecule has 1 saturated heterocycles. The third-order valence-corrected chi connectivity index (χ3v) is 5.87. The molecule has 0 spiro atoms. The van der Waals surface area contributed by atoms with Crippen LogP contribution in [0.5, 0.6) is 0 Å². The maximum absolute atomic E-state index is 12.2. The summed E-state index contributed by atoms with van der Waals surface area (Å²) < 4.78 is 0. The second-order valence-electron chi connectivity index (χ2n) is 8.58. The van der Waals surface area contributed by atoms with Crippen molar-refractivity contribution in [2.24, 2.45) is 0 Å². The van der Waals surface area contributed by atoms with E-state index in [-0.39, 0.29) is 16.9 Å². The minimum atomic E-state index is -1.88. The lowest BCUT2D eigenvalue weighted by atomic mass is 9.49. The Kier molecular flexibility index (Phi) is 6.99. The van der Waals surface area contributed by atoms with Crippen LogP contribution < -0.4 is 15.8 Å². The second-order valence-corrected chi connectivity index (χ2v) is 8.58. The van der Waals surface area contributed by atoms with E-state index in [1.165, 1.54) is 6.07 Å². The number of aromatic nitrogens is 3. The summed E-state index contributed by atoms with van der Waals surface area (Å²) in [7, 11) is 16.2. The summed E-state index contributed by atoms with van der Waals surface area (Å²) in [4.78, 5) is 40.3. The van der Waals surface area contributed by atoms with Gasteiger partial charge in [0.15, 0.2) is 5.69 Å². The van der Waals surface area contributed by atoms with Crippen LogP contribution >= 0.6 is 0 Å². The number of anilines is 1. The van der Waals surface area contributed by atoms with Gasteiger partial charge in [-0.3, -0.25) is 19.5 Å². The molecule has 0 saturated carbocycles. The Morgan fingerprint density at radius 3 is 2.63 bits per heavy atom. The van der Waals surface area contributed by atoms with Gasteiger partial charge in [0.05, 0.1) is 40.3 Å². The van der Waals surface area contributed by atoms with Gasteiger partial charge in [-0.25, -0.2) is 4.98 Å². The zero-order valence-corrected chi connectivity index (χ0v) is 19.4. The molecule has 1 aliphatic rings. The lowest BCUT2D eigenvalue weighted by Gasteiger charge is -2.36. The van der Waals surface area contributed by atoms with Crippen molar-refractivity contribution in [2.45, 2.75) is 25.1 Å². The number of rotatable bonds is 6. The lowest BCUT2D eigenvalue weighted by Crippen LogP contribution is -2.50. The van der Waals surface area contributed by atoms with E-state index in [0.717, 1.165) is 35.2 Å². The first-order valence-corrected chi connectivity index (χ1v) is 11.2. The molecule has 1 fully saturated rings. The molecule has 170 valence electrons. The van der Waals surface area contributed by atoms with E-state index in [4.69, 9.17) is 23.5 Å². The molecule has 0 bridgehead atoms. The lowest BCUT2D eigenvalue weighted by molar-refractivity contribution is 0.0947. The molecule has 3 aromatic heterocycles. The predicted molar refractivity (Wildman–Crippen MR) is 136 cm³/mol. The number of aryl methyl sites for hydroxylation is 1. The number of nitriles is 1. The second kappa shape index (κ2) is 9.96. The topological polar surface area (TPSA) is 118 Å². The number of fused-ring (bicyclic) bond motifs is 1. The highest BCUT2D eigenvalue weighted by atomic mass is 16.2. The Morgan fingerprint density at radius 1 is 1.23 bits per heavy atom. The van der Waals surface area contributed by atoms with Gasteiger partial charge in [0, 0.05) is 44.5 Å². The smallest absolute Gasteiger partial charge is 0.268 e. The molecule has 3 aromatic rings. The Bertz CT molecular complexity index is 1360. The number of nitrogens with one attached hydrogen (secondary N) is 2. The highest BCUT2D eigenvalue weighted by Crippen LogP contribution is 2.22. The van der Waals surface area contributed by atoms with Crippen molar-refractivity contribution in [3.63, 3.8) is 0 Å². The summed E-state index contributed by atoms with van der Waals surface area (Å²) in [6.45, 7) is 5.50. The first kappa shape index (κ1) is 24.5. The fraction of sp³-hybridized carbons (Fsp3) is 0.348. The van der Waals surface area contributed by atoms with Crippen molar-refractivity contribution in [3.8, 4) is 6.07 Å². The summed E-state index contributed by atoms with van der Waals surface area (Å²) in [5, 5.41) is 9.92. The Hall–Kier alpha value is -3.58. The van der Waals surface area contributed by atoms with Crippen molar-refractivity contribution < 1.29 is 4.79 Å². The number of hydrogen-bond acceptors (Lipinski definition) is 7. The van der Waals surface area contributed by atoms with Gasteiger partial charge in [0.1, 0.15) is 11.8 Å². The molecule has 0 aromatic carbocycles. The highest BCUT2D eigenvalue weighted by molar-refractivity contribution is 6.60. The number of pyridine rings is 3. The SMILES string of the molecule is [B]C([B])([B])NC(=O)c1ccc(N2CCN(Cc3cnc4cc(CC)c(=O)[nH]c4c3)CC2)c(C#N)n1. The number of piperazine rings is 1. The number of H-pyrrole nitrogens is 1. The van der Waals surface area contributed by atoms with Crippen LogP contribution in [0.3, 0.4) is 0 Å². The van der Waals surface area contributed by atoms with Crippen molar-refractivity contribution in [1.82, 2.24) is 25.2 Å². The van der Waals surface area contributed by atoms with Crippen LogP contribution in [-0.4, -0.2) is 80.7 Å². The molecule has 4 heterocycles. The normalized spacial score (nSPS) is 14.6. The van der Waals surface area contributed by atoms with Gasteiger partial charge in [-0.1, -0.05) is 12.2 Å². The standard InChI is InChI=1S/C23H22B3N7O2/c1-2-15-10-17-18(30-21(15)34)9-14(12-28-17)13-32-5-7-33(8-6-32)20-4-3-16(29-19(20)11-27)22(35)31-23(24,25)26/h3-4,9-10,12H,2,5-8,13H2,1H3,(H,30,34)(H,31,35). The van der Waals surface area contributed by atoms with E-state index in [1.807, 2.05) is 25.3 Å². The zero-order chi connectivity index (χ0) is 25.2. The van der Waals surface area contributed by atoms with Crippen LogP contribution in [0.2, 0.25) is 0 Å². The molecule has 12 heteroatoms. The van der Waals surface area contributed by atoms with Crippen molar-refractivity contribution in [1.29, 1.82) is 5.26 Å². The fourth-order valence-electron chi connectivity index (χ4n) is 4.10. The maximum Gasteiger partial charge on any atom is 0.268 e. The zero-order valence-electron chi connectivity index (χ0n) is 19.4. The summed E-state index contributed by atoms with van der Waals surface area (Å²) in [6, 6.07) is 9.06. The molecule has 9 nitrogen and oxygen atoms in total. The number of nitrogens with zero attached hydrogens (tertiary/aromatic N) is 5. The molecule has 2 N–H and O–H groups in total. The number of hydrogen-bond donors (Lipinski definition) is 2. The van der Waals surface area contributed by atoms with Gasteiger partial charge in [0.25, 0.3) is 11.5 Å². The third kappa shape index (κ3) is 5.74. The van der Waals surface area contributed by atoms with Crippen LogP contribution in [0.25, 0.3) is 11.0 Å². The van der Waals surface area contributed by atoms with Crippen molar-refractivity contribution >= 4 is 46.2 Å². The molecule has 0 atom stereocenters.